The molecule has 0 saturated carbocycles. The molecule has 0 spiro atoms. The highest BCUT2D eigenvalue weighted by atomic mass is 16.5. The van der Waals surface area contributed by atoms with Crippen LogP contribution in [0.1, 0.15) is 71.6 Å². The van der Waals surface area contributed by atoms with E-state index in [9.17, 15) is 5.11 Å². The lowest BCUT2D eigenvalue weighted by atomic mass is 9.78. The molecule has 0 saturated heterocycles. The molecule has 0 aliphatic rings. The number of hydrogen-bond acceptors (Lipinski definition) is 3. The standard InChI is InChI=1S/C17H28O.C2H4O2/c1-8-9-12-10-13(16(2,3)4)15(18)14(11-12)17(5,6)7;1-4-2-3/h10-11,18H,8-9H2,1-7H3;2H,1H3. The Hall–Kier alpha value is -1.51. The lowest BCUT2D eigenvalue weighted by Crippen LogP contribution is -2.17. The Bertz CT molecular complexity index is 441. The van der Waals surface area contributed by atoms with Gasteiger partial charge in [0.1, 0.15) is 5.75 Å². The van der Waals surface area contributed by atoms with Crippen molar-refractivity contribution in [3.05, 3.63) is 28.8 Å². The van der Waals surface area contributed by atoms with Gasteiger partial charge in [0.15, 0.2) is 0 Å². The van der Waals surface area contributed by atoms with E-state index >= 15 is 0 Å². The minimum Gasteiger partial charge on any atom is -0.507 e. The van der Waals surface area contributed by atoms with E-state index in [4.69, 9.17) is 4.79 Å². The van der Waals surface area contributed by atoms with Crippen molar-refractivity contribution < 1.29 is 14.6 Å². The van der Waals surface area contributed by atoms with Crippen molar-refractivity contribution in [1.29, 1.82) is 0 Å². The summed E-state index contributed by atoms with van der Waals surface area (Å²) >= 11 is 0. The van der Waals surface area contributed by atoms with Gasteiger partial charge in [0.2, 0.25) is 0 Å². The molecular weight excluding hydrogens is 276 g/mol. The zero-order chi connectivity index (χ0) is 17.6. The molecule has 0 atom stereocenters. The van der Waals surface area contributed by atoms with Crippen molar-refractivity contribution in [2.24, 2.45) is 0 Å². The predicted octanol–water partition coefficient (Wildman–Crippen LogP) is 4.73. The summed E-state index contributed by atoms with van der Waals surface area (Å²) in [6, 6.07) is 4.35. The van der Waals surface area contributed by atoms with E-state index in [2.05, 4.69) is 65.3 Å². The summed E-state index contributed by atoms with van der Waals surface area (Å²) in [5.74, 6) is 0.481. The molecule has 0 unspecified atom stereocenters. The number of phenols is 1. The van der Waals surface area contributed by atoms with Gasteiger partial charge in [-0.3, -0.25) is 4.79 Å². The lowest BCUT2D eigenvalue weighted by Gasteiger charge is -2.28. The maximum Gasteiger partial charge on any atom is 0.292 e. The van der Waals surface area contributed by atoms with Gasteiger partial charge in [0.25, 0.3) is 6.47 Å². The molecule has 1 rings (SSSR count). The maximum atomic E-state index is 10.6. The molecule has 3 nitrogen and oxygen atoms in total. The van der Waals surface area contributed by atoms with Crippen LogP contribution in [0.4, 0.5) is 0 Å². The van der Waals surface area contributed by atoms with Gasteiger partial charge in [0, 0.05) is 0 Å². The number of methoxy groups -OCH3 is 1. The minimum absolute atomic E-state index is 0.0200. The molecule has 0 fully saturated rings. The summed E-state index contributed by atoms with van der Waals surface area (Å²) < 4.78 is 3.86. The monoisotopic (exact) mass is 308 g/mol. The third-order valence-electron chi connectivity index (χ3n) is 3.42. The minimum atomic E-state index is -0.0200. The Labute approximate surface area is 135 Å². The summed E-state index contributed by atoms with van der Waals surface area (Å²) in [6.07, 6.45) is 2.21. The summed E-state index contributed by atoms with van der Waals surface area (Å²) in [5.41, 5.74) is 3.43. The van der Waals surface area contributed by atoms with Gasteiger partial charge < -0.3 is 9.84 Å². The fourth-order valence-corrected chi connectivity index (χ4v) is 2.27. The first-order valence-electron chi connectivity index (χ1n) is 7.82. The fourth-order valence-electron chi connectivity index (χ4n) is 2.27. The normalized spacial score (nSPS) is 11.5. The molecule has 0 heterocycles. The smallest absolute Gasteiger partial charge is 0.292 e. The molecule has 22 heavy (non-hydrogen) atoms. The molecule has 3 heteroatoms. The number of benzene rings is 1. The number of hydrogen-bond donors (Lipinski definition) is 1. The molecule has 126 valence electrons. The number of carbonyl (C=O) groups is 1. The topological polar surface area (TPSA) is 46.5 Å². The third kappa shape index (κ3) is 6.08. The van der Waals surface area contributed by atoms with Crippen molar-refractivity contribution in [3.8, 4) is 5.75 Å². The first kappa shape index (κ1) is 20.5. The predicted molar refractivity (Wildman–Crippen MR) is 92.6 cm³/mol. The van der Waals surface area contributed by atoms with Crippen LogP contribution >= 0.6 is 0 Å². The number of aryl methyl sites for hydroxylation is 1. The van der Waals surface area contributed by atoms with Crippen molar-refractivity contribution in [3.63, 3.8) is 0 Å². The molecule has 0 amide bonds. The highest BCUT2D eigenvalue weighted by Gasteiger charge is 2.26. The van der Waals surface area contributed by atoms with Crippen LogP contribution in [-0.2, 0) is 26.8 Å². The molecule has 0 bridgehead atoms. The van der Waals surface area contributed by atoms with Crippen LogP contribution in [-0.4, -0.2) is 18.7 Å². The zero-order valence-electron chi connectivity index (χ0n) is 15.4. The van der Waals surface area contributed by atoms with E-state index < -0.39 is 0 Å². The molecule has 1 aromatic rings. The number of carbonyl (C=O) groups excluding carboxylic acids is 1. The van der Waals surface area contributed by atoms with Gasteiger partial charge in [-0.15, -0.1) is 0 Å². The van der Waals surface area contributed by atoms with E-state index in [0.29, 0.717) is 12.2 Å². The van der Waals surface area contributed by atoms with E-state index in [-0.39, 0.29) is 10.8 Å². The van der Waals surface area contributed by atoms with Gasteiger partial charge in [0.05, 0.1) is 7.11 Å². The number of aromatic hydroxyl groups is 1. The Morgan fingerprint density at radius 3 is 1.64 bits per heavy atom. The summed E-state index contributed by atoms with van der Waals surface area (Å²) in [6.45, 7) is 15.5. The number of rotatable bonds is 3. The average molecular weight is 308 g/mol. The second-order valence-corrected chi connectivity index (χ2v) is 7.62. The van der Waals surface area contributed by atoms with Crippen molar-refractivity contribution >= 4 is 6.47 Å². The Balaban J connectivity index is 0.000000980. The fraction of sp³-hybridized carbons (Fsp3) is 0.632. The van der Waals surface area contributed by atoms with Gasteiger partial charge in [-0.1, -0.05) is 67.0 Å². The zero-order valence-corrected chi connectivity index (χ0v) is 15.4. The van der Waals surface area contributed by atoms with Gasteiger partial charge in [-0.2, -0.15) is 0 Å². The quantitative estimate of drug-likeness (QED) is 0.821. The van der Waals surface area contributed by atoms with Crippen LogP contribution < -0.4 is 0 Å². The van der Waals surface area contributed by atoms with Gasteiger partial charge in [-0.05, 0) is 33.9 Å². The maximum absolute atomic E-state index is 10.6. The number of ether oxygens (including phenoxy) is 1. The first-order valence-corrected chi connectivity index (χ1v) is 7.82. The van der Waals surface area contributed by atoms with Crippen molar-refractivity contribution in [1.82, 2.24) is 0 Å². The highest BCUT2D eigenvalue weighted by molar-refractivity contribution is 5.49. The van der Waals surface area contributed by atoms with E-state index in [1.54, 1.807) is 0 Å². The largest absolute Gasteiger partial charge is 0.507 e. The van der Waals surface area contributed by atoms with Crippen molar-refractivity contribution in [2.45, 2.75) is 72.1 Å². The summed E-state index contributed by atoms with van der Waals surface area (Å²) in [7, 11) is 1.31. The Morgan fingerprint density at radius 1 is 1.05 bits per heavy atom. The van der Waals surface area contributed by atoms with Crippen molar-refractivity contribution in [2.75, 3.05) is 7.11 Å². The Kier molecular flexibility index (Phi) is 7.65. The summed E-state index contributed by atoms with van der Waals surface area (Å²) in [4.78, 5) is 8.95. The third-order valence-corrected chi connectivity index (χ3v) is 3.42. The van der Waals surface area contributed by atoms with Crippen LogP contribution in [0.3, 0.4) is 0 Å². The molecular formula is C19H32O3. The molecule has 0 radical (unpaired) electrons. The molecule has 0 aliphatic heterocycles. The number of phenolic OH excluding ortho intramolecular Hbond substituents is 1. The SMILES string of the molecule is CCCc1cc(C(C)(C)C)c(O)c(C(C)(C)C)c1.COC=O. The second-order valence-electron chi connectivity index (χ2n) is 7.62. The lowest BCUT2D eigenvalue weighted by molar-refractivity contribution is -0.126. The molecule has 0 aromatic heterocycles. The second kappa shape index (κ2) is 8.21. The highest BCUT2D eigenvalue weighted by Crippen LogP contribution is 2.39. The van der Waals surface area contributed by atoms with Crippen LogP contribution in [0.5, 0.6) is 5.75 Å². The average Bonchev–Trinajstić information content (AvgIpc) is 2.38. The van der Waals surface area contributed by atoms with Crippen LogP contribution in [0.25, 0.3) is 0 Å². The van der Waals surface area contributed by atoms with Crippen LogP contribution in [0.2, 0.25) is 0 Å². The van der Waals surface area contributed by atoms with E-state index in [0.717, 1.165) is 24.0 Å². The molecule has 1 aromatic carbocycles. The van der Waals surface area contributed by atoms with Crippen LogP contribution in [0, 0.1) is 0 Å². The van der Waals surface area contributed by atoms with E-state index in [1.807, 2.05) is 0 Å². The molecule has 1 N–H and O–H groups in total. The molecule has 0 aliphatic carbocycles. The van der Waals surface area contributed by atoms with Gasteiger partial charge in [-0.25, -0.2) is 0 Å². The van der Waals surface area contributed by atoms with Crippen LogP contribution in [0.15, 0.2) is 12.1 Å². The van der Waals surface area contributed by atoms with E-state index in [1.165, 1.54) is 12.7 Å². The summed E-state index contributed by atoms with van der Waals surface area (Å²) in [5, 5.41) is 10.6. The first-order chi connectivity index (χ1) is 9.98. The van der Waals surface area contributed by atoms with Gasteiger partial charge >= 0.3 is 0 Å². The Morgan fingerprint density at radius 2 is 1.41 bits per heavy atom.